The normalized spacial score (nSPS) is 12.4. The molecule has 2 N–H and O–H groups in total. The molecule has 5 heteroatoms. The second kappa shape index (κ2) is 8.85. The van der Waals surface area contributed by atoms with Gasteiger partial charge in [0.15, 0.2) is 0 Å². The molecule has 0 radical (unpaired) electrons. The fourth-order valence-electron chi connectivity index (χ4n) is 1.37. The van der Waals surface area contributed by atoms with E-state index in [1.165, 1.54) is 0 Å². The second-order valence-corrected chi connectivity index (χ2v) is 4.02. The molecule has 1 heterocycles. The van der Waals surface area contributed by atoms with Crippen molar-refractivity contribution in [3.8, 4) is 5.88 Å². The van der Waals surface area contributed by atoms with Gasteiger partial charge in [-0.3, -0.25) is 0 Å². The number of ether oxygens (including phenoxy) is 3. The summed E-state index contributed by atoms with van der Waals surface area (Å²) in [7, 11) is 1.66. The maximum absolute atomic E-state index is 5.79. The number of nitrogens with two attached hydrogens (primary N) is 1. The molecule has 0 fully saturated rings. The van der Waals surface area contributed by atoms with Crippen LogP contribution in [0.1, 0.15) is 24.9 Å². The number of hydrogen-bond acceptors (Lipinski definition) is 5. The molecule has 1 aromatic heterocycles. The fraction of sp³-hybridized carbons (Fsp3) is 0.615. The van der Waals surface area contributed by atoms with Gasteiger partial charge in [-0.1, -0.05) is 0 Å². The Morgan fingerprint density at radius 3 is 2.83 bits per heavy atom. The van der Waals surface area contributed by atoms with Crippen LogP contribution in [-0.4, -0.2) is 38.5 Å². The molecule has 0 saturated heterocycles. The third kappa shape index (κ3) is 5.95. The number of aromatic nitrogens is 1. The Bertz CT molecular complexity index is 332. The Morgan fingerprint density at radius 1 is 1.28 bits per heavy atom. The van der Waals surface area contributed by atoms with E-state index in [1.807, 2.05) is 19.1 Å². The van der Waals surface area contributed by atoms with Crippen molar-refractivity contribution in [1.82, 2.24) is 4.98 Å². The smallest absolute Gasteiger partial charge is 0.213 e. The third-order valence-electron chi connectivity index (χ3n) is 2.40. The minimum absolute atomic E-state index is 0.00673. The van der Waals surface area contributed by atoms with Gasteiger partial charge in [-0.15, -0.1) is 0 Å². The summed E-state index contributed by atoms with van der Waals surface area (Å²) < 4.78 is 15.7. The lowest BCUT2D eigenvalue weighted by molar-refractivity contribution is 0.0642. The van der Waals surface area contributed by atoms with Crippen LogP contribution in [0.2, 0.25) is 0 Å². The van der Waals surface area contributed by atoms with Crippen LogP contribution in [0.4, 0.5) is 0 Å². The molecule has 5 nitrogen and oxygen atoms in total. The van der Waals surface area contributed by atoms with Gasteiger partial charge in [-0.05, 0) is 18.6 Å². The van der Waals surface area contributed by atoms with Crippen LogP contribution in [0.3, 0.4) is 0 Å². The molecule has 0 aromatic carbocycles. The van der Waals surface area contributed by atoms with Gasteiger partial charge in [-0.2, -0.15) is 0 Å². The van der Waals surface area contributed by atoms with Gasteiger partial charge in [0, 0.05) is 38.4 Å². The lowest BCUT2D eigenvalue weighted by Gasteiger charge is -2.09. The van der Waals surface area contributed by atoms with Crippen molar-refractivity contribution in [2.75, 3.05) is 33.5 Å². The fourth-order valence-corrected chi connectivity index (χ4v) is 1.37. The molecule has 1 aromatic rings. The van der Waals surface area contributed by atoms with E-state index in [0.29, 0.717) is 32.3 Å². The first-order valence-corrected chi connectivity index (χ1v) is 6.15. The number of nitrogens with zero attached hydrogens (tertiary/aromatic N) is 1. The highest BCUT2D eigenvalue weighted by atomic mass is 16.5. The number of rotatable bonds is 9. The summed E-state index contributed by atoms with van der Waals surface area (Å²) in [5.41, 5.74) is 6.81. The summed E-state index contributed by atoms with van der Waals surface area (Å²) in [6.07, 6.45) is 2.54. The lowest BCUT2D eigenvalue weighted by Crippen LogP contribution is -2.08. The van der Waals surface area contributed by atoms with E-state index < -0.39 is 0 Å². The molecule has 18 heavy (non-hydrogen) atoms. The first-order chi connectivity index (χ1) is 8.74. The Kier molecular flexibility index (Phi) is 7.32. The van der Waals surface area contributed by atoms with Crippen molar-refractivity contribution in [3.63, 3.8) is 0 Å². The summed E-state index contributed by atoms with van der Waals surface area (Å²) in [4.78, 5) is 4.13. The van der Waals surface area contributed by atoms with Crippen LogP contribution in [0, 0.1) is 0 Å². The molecule has 0 aliphatic rings. The van der Waals surface area contributed by atoms with Gasteiger partial charge in [0.2, 0.25) is 5.88 Å². The Morgan fingerprint density at radius 2 is 2.11 bits per heavy atom. The molecule has 0 spiro atoms. The summed E-state index contributed by atoms with van der Waals surface area (Å²) in [5.74, 6) is 0.613. The van der Waals surface area contributed by atoms with Crippen molar-refractivity contribution < 1.29 is 14.2 Å². The average Bonchev–Trinajstić information content (AvgIpc) is 2.38. The summed E-state index contributed by atoms with van der Waals surface area (Å²) in [6.45, 7) is 4.43. The standard InChI is InChI=1S/C13H22N2O3/c1-11(14)12-4-5-15-13(10-12)18-7-3-6-17-9-8-16-2/h4-5,10-11H,3,6-9,14H2,1-2H3/t11-/m1/s1. The van der Waals surface area contributed by atoms with Crippen molar-refractivity contribution in [3.05, 3.63) is 23.9 Å². The zero-order chi connectivity index (χ0) is 13.2. The molecule has 1 atom stereocenters. The topological polar surface area (TPSA) is 66.6 Å². The van der Waals surface area contributed by atoms with Gasteiger partial charge in [0.05, 0.1) is 19.8 Å². The van der Waals surface area contributed by atoms with E-state index in [9.17, 15) is 0 Å². The van der Waals surface area contributed by atoms with Gasteiger partial charge in [0.25, 0.3) is 0 Å². The lowest BCUT2D eigenvalue weighted by atomic mass is 10.1. The SMILES string of the molecule is COCCOCCCOc1cc([C@@H](C)N)ccn1. The predicted octanol–water partition coefficient (Wildman–Crippen LogP) is 1.53. The molecule has 102 valence electrons. The highest BCUT2D eigenvalue weighted by molar-refractivity contribution is 5.22. The van der Waals surface area contributed by atoms with Crippen molar-refractivity contribution in [2.45, 2.75) is 19.4 Å². The minimum Gasteiger partial charge on any atom is -0.478 e. The summed E-state index contributed by atoms with van der Waals surface area (Å²) in [5, 5.41) is 0. The van der Waals surface area contributed by atoms with E-state index >= 15 is 0 Å². The van der Waals surface area contributed by atoms with Crippen molar-refractivity contribution in [1.29, 1.82) is 0 Å². The highest BCUT2D eigenvalue weighted by Crippen LogP contribution is 2.14. The van der Waals surface area contributed by atoms with E-state index in [4.69, 9.17) is 19.9 Å². The Labute approximate surface area is 108 Å². The predicted molar refractivity (Wildman–Crippen MR) is 69.6 cm³/mol. The highest BCUT2D eigenvalue weighted by Gasteiger charge is 2.02. The molecule has 1 rings (SSSR count). The van der Waals surface area contributed by atoms with Crippen molar-refractivity contribution >= 4 is 0 Å². The molecule has 0 unspecified atom stereocenters. The van der Waals surface area contributed by atoms with Crippen molar-refractivity contribution in [2.24, 2.45) is 5.73 Å². The van der Waals surface area contributed by atoms with Crippen LogP contribution in [-0.2, 0) is 9.47 Å². The largest absolute Gasteiger partial charge is 0.478 e. The molecule has 0 amide bonds. The molecule has 0 bridgehead atoms. The quantitative estimate of drug-likeness (QED) is 0.677. The minimum atomic E-state index is -0.00673. The van der Waals surface area contributed by atoms with E-state index in [0.717, 1.165) is 12.0 Å². The molecule has 0 saturated carbocycles. The van der Waals surface area contributed by atoms with Gasteiger partial charge < -0.3 is 19.9 Å². The van der Waals surface area contributed by atoms with E-state index in [1.54, 1.807) is 13.3 Å². The summed E-state index contributed by atoms with van der Waals surface area (Å²) in [6, 6.07) is 3.76. The van der Waals surface area contributed by atoms with E-state index in [-0.39, 0.29) is 6.04 Å². The van der Waals surface area contributed by atoms with Gasteiger partial charge in [0.1, 0.15) is 0 Å². The Hall–Kier alpha value is -1.17. The molecular weight excluding hydrogens is 232 g/mol. The summed E-state index contributed by atoms with van der Waals surface area (Å²) >= 11 is 0. The molecular formula is C13H22N2O3. The third-order valence-corrected chi connectivity index (χ3v) is 2.40. The maximum Gasteiger partial charge on any atom is 0.213 e. The van der Waals surface area contributed by atoms with Crippen LogP contribution in [0.25, 0.3) is 0 Å². The number of pyridine rings is 1. The van der Waals surface area contributed by atoms with Gasteiger partial charge >= 0.3 is 0 Å². The van der Waals surface area contributed by atoms with Crippen LogP contribution in [0.15, 0.2) is 18.3 Å². The van der Waals surface area contributed by atoms with Crippen LogP contribution in [0.5, 0.6) is 5.88 Å². The number of hydrogen-bond donors (Lipinski definition) is 1. The monoisotopic (exact) mass is 254 g/mol. The van der Waals surface area contributed by atoms with E-state index in [2.05, 4.69) is 4.98 Å². The Balaban J connectivity index is 2.17. The van der Waals surface area contributed by atoms with Crippen LogP contribution >= 0.6 is 0 Å². The first-order valence-electron chi connectivity index (χ1n) is 6.15. The average molecular weight is 254 g/mol. The maximum atomic E-state index is 5.79. The second-order valence-electron chi connectivity index (χ2n) is 4.02. The molecule has 0 aliphatic carbocycles. The zero-order valence-corrected chi connectivity index (χ0v) is 11.1. The first kappa shape index (κ1) is 14.9. The number of methoxy groups -OCH3 is 1. The molecule has 0 aliphatic heterocycles. The van der Waals surface area contributed by atoms with Gasteiger partial charge in [-0.25, -0.2) is 4.98 Å². The zero-order valence-electron chi connectivity index (χ0n) is 11.1. The van der Waals surface area contributed by atoms with Crippen LogP contribution < -0.4 is 10.5 Å².